The van der Waals surface area contributed by atoms with Crippen molar-refractivity contribution in [2.24, 2.45) is 5.92 Å². The average Bonchev–Trinajstić information content (AvgIpc) is 3.10. The summed E-state index contributed by atoms with van der Waals surface area (Å²) in [6, 6.07) is 22.5. The lowest BCUT2D eigenvalue weighted by molar-refractivity contribution is 0.149. The first kappa shape index (κ1) is 17.4. The van der Waals surface area contributed by atoms with E-state index in [9.17, 15) is 4.79 Å². The van der Waals surface area contributed by atoms with Crippen LogP contribution in [0.1, 0.15) is 36.7 Å². The van der Waals surface area contributed by atoms with Crippen molar-refractivity contribution in [3.8, 4) is 5.69 Å². The summed E-state index contributed by atoms with van der Waals surface area (Å²) in [5, 5.41) is 3.11. The van der Waals surface area contributed by atoms with Gasteiger partial charge in [-0.1, -0.05) is 62.4 Å². The Labute approximate surface area is 160 Å². The van der Waals surface area contributed by atoms with Crippen LogP contribution in [0.3, 0.4) is 0 Å². The summed E-state index contributed by atoms with van der Waals surface area (Å²) in [6.07, 6.45) is 2.09. The lowest BCUT2D eigenvalue weighted by Gasteiger charge is -2.33. The second-order valence-corrected chi connectivity index (χ2v) is 7.39. The largest absolute Gasteiger partial charge is 0.334 e. The van der Waals surface area contributed by atoms with E-state index in [0.29, 0.717) is 19.0 Å². The second-order valence-electron chi connectivity index (χ2n) is 7.39. The van der Waals surface area contributed by atoms with Crippen LogP contribution >= 0.6 is 0 Å². The van der Waals surface area contributed by atoms with Gasteiger partial charge in [0.2, 0.25) is 0 Å². The van der Waals surface area contributed by atoms with Crippen molar-refractivity contribution >= 4 is 6.03 Å². The van der Waals surface area contributed by atoms with Crippen LogP contribution < -0.4 is 5.32 Å². The maximum absolute atomic E-state index is 13.2. The van der Waals surface area contributed by atoms with Gasteiger partial charge in [-0.25, -0.2) is 4.79 Å². The lowest BCUT2D eigenvalue weighted by Crippen LogP contribution is -2.42. The summed E-state index contributed by atoms with van der Waals surface area (Å²) < 4.78 is 2.23. The molecule has 0 fully saturated rings. The minimum absolute atomic E-state index is 0.0168. The van der Waals surface area contributed by atoms with E-state index < -0.39 is 0 Å². The third kappa shape index (κ3) is 3.35. The van der Waals surface area contributed by atoms with Crippen LogP contribution in [0.15, 0.2) is 72.9 Å². The van der Waals surface area contributed by atoms with Gasteiger partial charge in [-0.3, -0.25) is 0 Å². The van der Waals surface area contributed by atoms with E-state index in [2.05, 4.69) is 60.3 Å². The molecule has 0 bridgehead atoms. The van der Waals surface area contributed by atoms with Crippen LogP contribution in [0, 0.1) is 5.92 Å². The molecule has 4 nitrogen and oxygen atoms in total. The third-order valence-electron chi connectivity index (χ3n) is 5.19. The molecule has 0 aliphatic carbocycles. The number of rotatable bonds is 3. The Morgan fingerprint density at radius 2 is 1.78 bits per heavy atom. The zero-order valence-corrected chi connectivity index (χ0v) is 15.8. The molecule has 1 N–H and O–H groups in total. The highest BCUT2D eigenvalue weighted by Gasteiger charge is 2.33. The molecule has 0 unspecified atom stereocenters. The van der Waals surface area contributed by atoms with E-state index in [-0.39, 0.29) is 12.1 Å². The summed E-state index contributed by atoms with van der Waals surface area (Å²) in [5.41, 5.74) is 4.57. The van der Waals surface area contributed by atoms with Crippen molar-refractivity contribution in [1.82, 2.24) is 14.8 Å². The molecule has 2 aromatic carbocycles. The molecule has 0 saturated heterocycles. The van der Waals surface area contributed by atoms with Crippen molar-refractivity contribution in [2.45, 2.75) is 33.0 Å². The van der Waals surface area contributed by atoms with Gasteiger partial charge in [0, 0.05) is 18.4 Å². The van der Waals surface area contributed by atoms with Gasteiger partial charge in [0.1, 0.15) is 0 Å². The van der Waals surface area contributed by atoms with Crippen LogP contribution in [0.4, 0.5) is 4.79 Å². The smallest absolute Gasteiger partial charge is 0.318 e. The van der Waals surface area contributed by atoms with Crippen LogP contribution in [0.5, 0.6) is 0 Å². The summed E-state index contributed by atoms with van der Waals surface area (Å²) in [5.74, 6) is 0.301. The molecule has 138 valence electrons. The Kier molecular flexibility index (Phi) is 4.71. The van der Waals surface area contributed by atoms with Gasteiger partial charge in [-0.15, -0.1) is 0 Å². The standard InChI is InChI=1S/C23H25N3O/c1-17(2)22-21-13-8-14-25(21)20-12-7-6-11-19(20)16-26(22)23(27)24-15-18-9-4-3-5-10-18/h3-14,17,22H,15-16H2,1-2H3,(H,24,27)/t22-/m0/s1. The zero-order valence-electron chi connectivity index (χ0n) is 15.8. The molecule has 0 saturated carbocycles. The Morgan fingerprint density at radius 1 is 1.04 bits per heavy atom. The van der Waals surface area contributed by atoms with Gasteiger partial charge in [0.25, 0.3) is 0 Å². The molecule has 2 amide bonds. The Balaban J connectivity index is 1.67. The molecular formula is C23H25N3O. The maximum Gasteiger partial charge on any atom is 0.318 e. The number of hydrogen-bond donors (Lipinski definition) is 1. The van der Waals surface area contributed by atoms with Gasteiger partial charge < -0.3 is 14.8 Å². The normalized spacial score (nSPS) is 15.8. The van der Waals surface area contributed by atoms with Crippen LogP contribution in [0.25, 0.3) is 5.69 Å². The van der Waals surface area contributed by atoms with Crippen LogP contribution in [-0.2, 0) is 13.1 Å². The molecule has 1 aliphatic rings. The molecular weight excluding hydrogens is 334 g/mol. The van der Waals surface area contributed by atoms with Gasteiger partial charge in [-0.2, -0.15) is 0 Å². The van der Waals surface area contributed by atoms with Crippen molar-refractivity contribution in [3.63, 3.8) is 0 Å². The first-order chi connectivity index (χ1) is 13.1. The summed E-state index contributed by atoms with van der Waals surface area (Å²) in [4.78, 5) is 15.2. The minimum Gasteiger partial charge on any atom is -0.334 e. The highest BCUT2D eigenvalue weighted by molar-refractivity contribution is 5.75. The van der Waals surface area contributed by atoms with Crippen LogP contribution in [0.2, 0.25) is 0 Å². The number of fused-ring (bicyclic) bond motifs is 3. The predicted octanol–water partition coefficient (Wildman–Crippen LogP) is 4.90. The number of carbonyl (C=O) groups excluding carboxylic acids is 1. The van der Waals surface area contributed by atoms with Gasteiger partial charge in [0.15, 0.2) is 0 Å². The summed E-state index contributed by atoms with van der Waals surface area (Å²) in [7, 11) is 0. The van der Waals surface area contributed by atoms with E-state index in [4.69, 9.17) is 0 Å². The predicted molar refractivity (Wildman–Crippen MR) is 108 cm³/mol. The topological polar surface area (TPSA) is 37.3 Å². The number of nitrogens with zero attached hydrogens (tertiary/aromatic N) is 2. The SMILES string of the molecule is CC(C)[C@H]1c2cccn2-c2ccccc2CN1C(=O)NCc1ccccc1. The van der Waals surface area contributed by atoms with E-state index in [1.807, 2.05) is 41.3 Å². The summed E-state index contributed by atoms with van der Waals surface area (Å²) in [6.45, 7) is 5.48. The molecule has 2 heterocycles. The van der Waals surface area contributed by atoms with Crippen LogP contribution in [-0.4, -0.2) is 15.5 Å². The van der Waals surface area contributed by atoms with Gasteiger partial charge in [-0.05, 0) is 35.2 Å². The molecule has 3 aromatic rings. The molecule has 0 spiro atoms. The van der Waals surface area contributed by atoms with Crippen molar-refractivity contribution in [2.75, 3.05) is 0 Å². The molecule has 0 radical (unpaired) electrons. The number of benzene rings is 2. The van der Waals surface area contributed by atoms with E-state index >= 15 is 0 Å². The molecule has 1 aromatic heterocycles. The van der Waals surface area contributed by atoms with Gasteiger partial charge >= 0.3 is 6.03 Å². The fourth-order valence-electron chi connectivity index (χ4n) is 3.95. The molecule has 4 heteroatoms. The first-order valence-electron chi connectivity index (χ1n) is 9.49. The van der Waals surface area contributed by atoms with E-state index in [1.54, 1.807) is 0 Å². The highest BCUT2D eigenvalue weighted by atomic mass is 16.2. The summed E-state index contributed by atoms with van der Waals surface area (Å²) >= 11 is 0. The number of nitrogens with one attached hydrogen (secondary N) is 1. The monoisotopic (exact) mass is 359 g/mol. The number of aromatic nitrogens is 1. The number of para-hydroxylation sites is 1. The van der Waals surface area contributed by atoms with E-state index in [0.717, 1.165) is 22.5 Å². The number of urea groups is 1. The quantitative estimate of drug-likeness (QED) is 0.709. The molecule has 4 rings (SSSR count). The average molecular weight is 359 g/mol. The van der Waals surface area contributed by atoms with E-state index in [1.165, 1.54) is 0 Å². The van der Waals surface area contributed by atoms with Gasteiger partial charge in [0.05, 0.1) is 18.3 Å². The fraction of sp³-hybridized carbons (Fsp3) is 0.261. The first-order valence-corrected chi connectivity index (χ1v) is 9.49. The Hall–Kier alpha value is -3.01. The number of amides is 2. The second kappa shape index (κ2) is 7.31. The number of hydrogen-bond acceptors (Lipinski definition) is 1. The molecule has 27 heavy (non-hydrogen) atoms. The Bertz CT molecular complexity index is 930. The van der Waals surface area contributed by atoms with Crippen molar-refractivity contribution in [3.05, 3.63) is 89.7 Å². The Morgan fingerprint density at radius 3 is 2.56 bits per heavy atom. The van der Waals surface area contributed by atoms with Crippen molar-refractivity contribution < 1.29 is 4.79 Å². The molecule has 1 atom stereocenters. The van der Waals surface area contributed by atoms with Crippen molar-refractivity contribution in [1.29, 1.82) is 0 Å². The third-order valence-corrected chi connectivity index (χ3v) is 5.19. The molecule has 1 aliphatic heterocycles. The lowest BCUT2D eigenvalue weighted by atomic mass is 9.99. The highest BCUT2D eigenvalue weighted by Crippen LogP contribution is 2.36. The number of carbonyl (C=O) groups is 1. The fourth-order valence-corrected chi connectivity index (χ4v) is 3.95. The maximum atomic E-state index is 13.2. The minimum atomic E-state index is -0.0259. The zero-order chi connectivity index (χ0) is 18.8.